The Balaban J connectivity index is 1.82. The minimum Gasteiger partial charge on any atom is -0.356 e. The van der Waals surface area contributed by atoms with Crippen LogP contribution >= 0.6 is 11.3 Å². The standard InChI is InChI=1S/C20H22N2O2S/c1-13(2)22(20(23)19-6-5-9-25-19)12-16-11-18(24-21-16)17-8-7-14(3)10-15(17)4/h5-11,13H,12H2,1-4H3. The summed E-state index contributed by atoms with van der Waals surface area (Å²) in [5.74, 6) is 0.765. The number of amides is 1. The maximum absolute atomic E-state index is 12.7. The molecule has 130 valence electrons. The van der Waals surface area contributed by atoms with E-state index in [2.05, 4.69) is 31.1 Å². The van der Waals surface area contributed by atoms with E-state index in [1.165, 1.54) is 16.9 Å². The van der Waals surface area contributed by atoms with E-state index in [1.807, 2.05) is 48.4 Å². The molecule has 0 radical (unpaired) electrons. The average Bonchev–Trinajstić information content (AvgIpc) is 3.23. The third kappa shape index (κ3) is 3.82. The van der Waals surface area contributed by atoms with Crippen LogP contribution in [0, 0.1) is 13.8 Å². The normalized spacial score (nSPS) is 11.1. The van der Waals surface area contributed by atoms with Crippen LogP contribution in [-0.4, -0.2) is 22.0 Å². The van der Waals surface area contributed by atoms with Gasteiger partial charge in [-0.25, -0.2) is 0 Å². The van der Waals surface area contributed by atoms with Gasteiger partial charge >= 0.3 is 0 Å². The Labute approximate surface area is 152 Å². The van der Waals surface area contributed by atoms with E-state index < -0.39 is 0 Å². The molecule has 0 bridgehead atoms. The molecule has 3 rings (SSSR count). The summed E-state index contributed by atoms with van der Waals surface area (Å²) in [5, 5.41) is 6.09. The number of rotatable bonds is 5. The van der Waals surface area contributed by atoms with Crippen LogP contribution in [0.4, 0.5) is 0 Å². The fourth-order valence-electron chi connectivity index (χ4n) is 2.81. The van der Waals surface area contributed by atoms with Gasteiger partial charge in [0.15, 0.2) is 5.76 Å². The highest BCUT2D eigenvalue weighted by Gasteiger charge is 2.21. The predicted molar refractivity (Wildman–Crippen MR) is 101 cm³/mol. The maximum Gasteiger partial charge on any atom is 0.264 e. The van der Waals surface area contributed by atoms with E-state index in [0.717, 1.165) is 27.5 Å². The van der Waals surface area contributed by atoms with Gasteiger partial charge in [-0.3, -0.25) is 4.79 Å². The molecule has 2 aromatic heterocycles. The van der Waals surface area contributed by atoms with E-state index in [-0.39, 0.29) is 11.9 Å². The summed E-state index contributed by atoms with van der Waals surface area (Å²) in [7, 11) is 0. The topological polar surface area (TPSA) is 46.3 Å². The van der Waals surface area contributed by atoms with Crippen LogP contribution in [0.5, 0.6) is 0 Å². The van der Waals surface area contributed by atoms with E-state index in [9.17, 15) is 4.79 Å². The van der Waals surface area contributed by atoms with Gasteiger partial charge in [0.1, 0.15) is 5.69 Å². The molecule has 0 atom stereocenters. The Morgan fingerprint density at radius 3 is 2.68 bits per heavy atom. The molecule has 2 heterocycles. The second-order valence-corrected chi connectivity index (χ2v) is 7.45. The number of aryl methyl sites for hydroxylation is 2. The van der Waals surface area contributed by atoms with Crippen molar-refractivity contribution >= 4 is 17.2 Å². The van der Waals surface area contributed by atoms with Crippen LogP contribution < -0.4 is 0 Å². The molecule has 0 aliphatic rings. The number of nitrogens with zero attached hydrogens (tertiary/aromatic N) is 2. The van der Waals surface area contributed by atoms with Crippen molar-refractivity contribution < 1.29 is 9.32 Å². The lowest BCUT2D eigenvalue weighted by Crippen LogP contribution is -2.36. The van der Waals surface area contributed by atoms with Gasteiger partial charge < -0.3 is 9.42 Å². The number of carbonyl (C=O) groups is 1. The quantitative estimate of drug-likeness (QED) is 0.642. The lowest BCUT2D eigenvalue weighted by molar-refractivity contribution is 0.0691. The molecular weight excluding hydrogens is 332 g/mol. The van der Waals surface area contributed by atoms with Crippen molar-refractivity contribution in [3.63, 3.8) is 0 Å². The monoisotopic (exact) mass is 354 g/mol. The van der Waals surface area contributed by atoms with E-state index in [0.29, 0.717) is 6.54 Å². The zero-order valence-corrected chi connectivity index (χ0v) is 15.8. The van der Waals surface area contributed by atoms with E-state index >= 15 is 0 Å². The largest absolute Gasteiger partial charge is 0.356 e. The number of aromatic nitrogens is 1. The van der Waals surface area contributed by atoms with Crippen LogP contribution in [0.1, 0.15) is 40.3 Å². The first-order chi connectivity index (χ1) is 12.0. The summed E-state index contributed by atoms with van der Waals surface area (Å²) >= 11 is 1.46. The molecule has 0 fully saturated rings. The summed E-state index contributed by atoms with van der Waals surface area (Å²) in [6, 6.07) is 12.0. The smallest absolute Gasteiger partial charge is 0.264 e. The van der Waals surface area contributed by atoms with Crippen LogP contribution in [0.15, 0.2) is 46.3 Å². The second-order valence-electron chi connectivity index (χ2n) is 6.50. The molecule has 3 aromatic rings. The van der Waals surface area contributed by atoms with Gasteiger partial charge in [-0.1, -0.05) is 35.0 Å². The SMILES string of the molecule is Cc1ccc(-c2cc(CN(C(=O)c3cccs3)C(C)C)no2)c(C)c1. The van der Waals surface area contributed by atoms with Crippen molar-refractivity contribution in [3.8, 4) is 11.3 Å². The van der Waals surface area contributed by atoms with Crippen molar-refractivity contribution in [2.75, 3.05) is 0 Å². The molecule has 1 amide bonds. The number of thiophene rings is 1. The predicted octanol–water partition coefficient (Wildman–Crippen LogP) is 5.07. The number of benzene rings is 1. The second kappa shape index (κ2) is 7.23. The minimum atomic E-state index is 0.0288. The van der Waals surface area contributed by atoms with Gasteiger partial charge in [-0.15, -0.1) is 11.3 Å². The zero-order valence-electron chi connectivity index (χ0n) is 14.9. The molecule has 1 aromatic carbocycles. The Hall–Kier alpha value is -2.40. The molecule has 0 N–H and O–H groups in total. The summed E-state index contributed by atoms with van der Waals surface area (Å²) in [6.45, 7) is 8.58. The van der Waals surface area contributed by atoms with Gasteiger partial charge in [-0.05, 0) is 44.7 Å². The lowest BCUT2D eigenvalue weighted by atomic mass is 10.0. The third-order valence-corrected chi connectivity index (χ3v) is 5.01. The van der Waals surface area contributed by atoms with Crippen molar-refractivity contribution in [2.45, 2.75) is 40.3 Å². The molecule has 4 nitrogen and oxygen atoms in total. The molecule has 0 saturated carbocycles. The van der Waals surface area contributed by atoms with Crippen LogP contribution in [0.2, 0.25) is 0 Å². The molecule has 5 heteroatoms. The molecular formula is C20H22N2O2S. The summed E-state index contributed by atoms with van der Waals surface area (Å²) in [6.07, 6.45) is 0. The van der Waals surface area contributed by atoms with Crippen molar-refractivity contribution in [2.24, 2.45) is 0 Å². The van der Waals surface area contributed by atoms with Gasteiger partial charge in [0, 0.05) is 17.7 Å². The molecule has 25 heavy (non-hydrogen) atoms. The highest BCUT2D eigenvalue weighted by molar-refractivity contribution is 7.12. The molecule has 0 saturated heterocycles. The fraction of sp³-hybridized carbons (Fsp3) is 0.300. The average molecular weight is 354 g/mol. The highest BCUT2D eigenvalue weighted by Crippen LogP contribution is 2.26. The lowest BCUT2D eigenvalue weighted by Gasteiger charge is -2.25. The van der Waals surface area contributed by atoms with Gasteiger partial charge in [0.05, 0.1) is 11.4 Å². The molecule has 0 aliphatic carbocycles. The van der Waals surface area contributed by atoms with Crippen molar-refractivity contribution in [1.29, 1.82) is 0 Å². The van der Waals surface area contributed by atoms with Gasteiger partial charge in [0.25, 0.3) is 5.91 Å². The number of carbonyl (C=O) groups excluding carboxylic acids is 1. The van der Waals surface area contributed by atoms with Crippen LogP contribution in [0.25, 0.3) is 11.3 Å². The number of hydrogen-bond donors (Lipinski definition) is 0. The molecule has 0 aliphatic heterocycles. The van der Waals surface area contributed by atoms with Gasteiger partial charge in [0.2, 0.25) is 0 Å². The Morgan fingerprint density at radius 1 is 1.24 bits per heavy atom. The maximum atomic E-state index is 12.7. The Bertz CT molecular complexity index is 866. The first kappa shape index (κ1) is 17.4. The van der Waals surface area contributed by atoms with Crippen LogP contribution in [-0.2, 0) is 6.54 Å². The van der Waals surface area contributed by atoms with Crippen molar-refractivity contribution in [1.82, 2.24) is 10.1 Å². The Kier molecular flexibility index (Phi) is 5.04. The fourth-order valence-corrected chi connectivity index (χ4v) is 3.49. The first-order valence-corrected chi connectivity index (χ1v) is 9.21. The molecule has 0 unspecified atom stereocenters. The summed E-state index contributed by atoms with van der Waals surface area (Å²) < 4.78 is 5.54. The van der Waals surface area contributed by atoms with E-state index in [4.69, 9.17) is 4.52 Å². The van der Waals surface area contributed by atoms with E-state index in [1.54, 1.807) is 0 Å². The van der Waals surface area contributed by atoms with Gasteiger partial charge in [-0.2, -0.15) is 0 Å². The Morgan fingerprint density at radius 2 is 2.04 bits per heavy atom. The zero-order chi connectivity index (χ0) is 18.0. The molecule has 0 spiro atoms. The minimum absolute atomic E-state index is 0.0288. The van der Waals surface area contributed by atoms with Crippen LogP contribution in [0.3, 0.4) is 0 Å². The summed E-state index contributed by atoms with van der Waals surface area (Å²) in [4.78, 5) is 15.3. The summed E-state index contributed by atoms with van der Waals surface area (Å²) in [5.41, 5.74) is 4.16. The highest BCUT2D eigenvalue weighted by atomic mass is 32.1. The third-order valence-electron chi connectivity index (χ3n) is 4.15. The van der Waals surface area contributed by atoms with Crippen molar-refractivity contribution in [3.05, 3.63) is 63.5 Å². The first-order valence-electron chi connectivity index (χ1n) is 8.33. The number of hydrogen-bond acceptors (Lipinski definition) is 4.